The zero-order valence-corrected chi connectivity index (χ0v) is 15.6. The van der Waals surface area contributed by atoms with Crippen LogP contribution in [-0.2, 0) is 5.72 Å². The molecule has 1 aliphatic rings. The Morgan fingerprint density at radius 1 is 1.28 bits per heavy atom. The normalized spacial score (nSPS) is 19.8. The van der Waals surface area contributed by atoms with E-state index in [-0.39, 0.29) is 17.7 Å². The molecular formula is C19H19BrN2O3. The van der Waals surface area contributed by atoms with E-state index in [2.05, 4.69) is 21.0 Å². The van der Waals surface area contributed by atoms with E-state index in [1.807, 2.05) is 19.1 Å². The molecule has 0 aliphatic carbocycles. The number of aryl methyl sites for hydroxylation is 1. The number of nitrogens with zero attached hydrogens (tertiary/aromatic N) is 2. The van der Waals surface area contributed by atoms with Crippen LogP contribution in [0, 0.1) is 6.92 Å². The van der Waals surface area contributed by atoms with Gasteiger partial charge in [0.05, 0.1) is 5.56 Å². The van der Waals surface area contributed by atoms with Crippen LogP contribution < -0.4 is 0 Å². The molecule has 0 saturated carbocycles. The summed E-state index contributed by atoms with van der Waals surface area (Å²) in [6, 6.07) is 12.1. The molecule has 0 radical (unpaired) electrons. The summed E-state index contributed by atoms with van der Waals surface area (Å²) in [6.45, 7) is 3.65. The highest BCUT2D eigenvalue weighted by atomic mass is 79.9. The number of amides is 1. The molecule has 0 saturated heterocycles. The lowest BCUT2D eigenvalue weighted by molar-refractivity contribution is -0.0766. The molecule has 5 nitrogen and oxygen atoms in total. The van der Waals surface area contributed by atoms with Crippen LogP contribution in [0.4, 0.5) is 0 Å². The summed E-state index contributed by atoms with van der Waals surface area (Å²) in [5.74, 6) is -0.624. The molecule has 1 amide bonds. The molecule has 0 fully saturated rings. The molecule has 2 aromatic carbocycles. The number of hydrazone groups is 1. The van der Waals surface area contributed by atoms with E-state index in [0.29, 0.717) is 17.5 Å². The van der Waals surface area contributed by atoms with E-state index in [1.54, 1.807) is 31.2 Å². The molecule has 1 atom stereocenters. The van der Waals surface area contributed by atoms with Crippen molar-refractivity contribution in [3.63, 3.8) is 0 Å². The number of phenolic OH excluding ortho intramolecular Hbond substituents is 1. The van der Waals surface area contributed by atoms with Gasteiger partial charge in [-0.05, 0) is 37.1 Å². The lowest BCUT2D eigenvalue weighted by atomic mass is 9.96. The van der Waals surface area contributed by atoms with Gasteiger partial charge in [-0.3, -0.25) is 4.79 Å². The van der Waals surface area contributed by atoms with Crippen molar-refractivity contribution in [1.29, 1.82) is 0 Å². The lowest BCUT2D eigenvalue weighted by Gasteiger charge is -2.31. The zero-order valence-electron chi connectivity index (χ0n) is 14.0. The Balaban J connectivity index is 2.07. The van der Waals surface area contributed by atoms with Crippen molar-refractivity contribution >= 4 is 27.5 Å². The van der Waals surface area contributed by atoms with Gasteiger partial charge in [-0.2, -0.15) is 10.1 Å². The molecule has 1 heterocycles. The molecule has 2 aromatic rings. The number of hydrogen-bond donors (Lipinski definition) is 2. The number of aliphatic hydroxyl groups is 1. The van der Waals surface area contributed by atoms with Crippen LogP contribution in [0.2, 0.25) is 0 Å². The molecule has 25 heavy (non-hydrogen) atoms. The predicted molar refractivity (Wildman–Crippen MR) is 99.4 cm³/mol. The maximum Gasteiger partial charge on any atom is 0.280 e. The van der Waals surface area contributed by atoms with Crippen LogP contribution in [0.5, 0.6) is 5.75 Å². The number of carbonyl (C=O) groups excluding carboxylic acids is 1. The van der Waals surface area contributed by atoms with E-state index < -0.39 is 11.6 Å². The molecular weight excluding hydrogens is 384 g/mol. The lowest BCUT2D eigenvalue weighted by Crippen LogP contribution is -2.43. The molecule has 1 aliphatic heterocycles. The Hall–Kier alpha value is -2.18. The topological polar surface area (TPSA) is 73.1 Å². The average Bonchev–Trinajstić information content (AvgIpc) is 2.95. The van der Waals surface area contributed by atoms with E-state index >= 15 is 0 Å². The summed E-state index contributed by atoms with van der Waals surface area (Å²) in [5.41, 5.74) is 0.446. The first-order valence-electron chi connectivity index (χ1n) is 8.04. The summed E-state index contributed by atoms with van der Waals surface area (Å²) in [4.78, 5) is 13.0. The van der Waals surface area contributed by atoms with Crippen molar-refractivity contribution in [3.8, 4) is 5.75 Å². The van der Waals surface area contributed by atoms with Crippen molar-refractivity contribution in [3.05, 3.63) is 63.6 Å². The van der Waals surface area contributed by atoms with Crippen LogP contribution >= 0.6 is 15.9 Å². The minimum Gasteiger partial charge on any atom is -0.507 e. The number of rotatable bonds is 3. The summed E-state index contributed by atoms with van der Waals surface area (Å²) in [6.07, 6.45) is 0.867. The van der Waals surface area contributed by atoms with Crippen LogP contribution in [0.3, 0.4) is 0 Å². The predicted octanol–water partition coefficient (Wildman–Crippen LogP) is 3.92. The monoisotopic (exact) mass is 402 g/mol. The van der Waals surface area contributed by atoms with Crippen LogP contribution in [0.1, 0.15) is 41.3 Å². The minimum absolute atomic E-state index is 0.0918. The second-order valence-electron chi connectivity index (χ2n) is 6.11. The minimum atomic E-state index is -1.57. The molecule has 0 spiro atoms. The Kier molecular flexibility index (Phi) is 4.67. The third kappa shape index (κ3) is 3.07. The molecule has 0 aromatic heterocycles. The number of benzene rings is 2. The van der Waals surface area contributed by atoms with Gasteiger partial charge in [-0.15, -0.1) is 0 Å². The second-order valence-corrected chi connectivity index (χ2v) is 7.02. The largest absolute Gasteiger partial charge is 0.507 e. The standard InChI is InChI=1S/C19H19BrN2O3/c1-3-15-11-19(25,13-7-9-14(20)10-8-13)22(21-15)18(24)16-6-4-5-12(2)17(16)23/h4-10,23,25H,3,11H2,1-2H3/t19-/m0/s1. The van der Waals surface area contributed by atoms with Gasteiger partial charge >= 0.3 is 0 Å². The van der Waals surface area contributed by atoms with Gasteiger partial charge in [0.25, 0.3) is 5.91 Å². The third-order valence-electron chi connectivity index (χ3n) is 4.42. The van der Waals surface area contributed by atoms with Crippen molar-refractivity contribution in [2.75, 3.05) is 0 Å². The molecule has 3 rings (SSSR count). The van der Waals surface area contributed by atoms with Gasteiger partial charge in [0.1, 0.15) is 5.75 Å². The first kappa shape index (κ1) is 17.6. The van der Waals surface area contributed by atoms with Gasteiger partial charge in [-0.25, -0.2) is 0 Å². The van der Waals surface area contributed by atoms with Crippen molar-refractivity contribution < 1.29 is 15.0 Å². The highest BCUT2D eigenvalue weighted by Crippen LogP contribution is 2.38. The maximum atomic E-state index is 13.0. The fraction of sp³-hybridized carbons (Fsp3) is 0.263. The number of halogens is 1. The first-order valence-corrected chi connectivity index (χ1v) is 8.84. The molecule has 2 N–H and O–H groups in total. The summed E-state index contributed by atoms with van der Waals surface area (Å²) in [5, 5.41) is 27.0. The van der Waals surface area contributed by atoms with Crippen LogP contribution in [-0.4, -0.2) is 26.8 Å². The molecule has 0 bridgehead atoms. The highest BCUT2D eigenvalue weighted by Gasteiger charge is 2.46. The SMILES string of the molecule is CCC1=NN(C(=O)c2cccc(C)c2O)[C@@](O)(c2ccc(Br)cc2)C1. The number of carbonyl (C=O) groups is 1. The third-order valence-corrected chi connectivity index (χ3v) is 4.95. The van der Waals surface area contributed by atoms with Gasteiger partial charge in [0.2, 0.25) is 0 Å². The molecule has 130 valence electrons. The number of hydrogen-bond acceptors (Lipinski definition) is 4. The second kappa shape index (κ2) is 6.61. The molecule has 0 unspecified atom stereocenters. The van der Waals surface area contributed by atoms with Gasteiger partial charge in [-0.1, -0.05) is 47.1 Å². The van der Waals surface area contributed by atoms with Gasteiger partial charge < -0.3 is 10.2 Å². The summed E-state index contributed by atoms with van der Waals surface area (Å²) >= 11 is 3.37. The van der Waals surface area contributed by atoms with Gasteiger partial charge in [0, 0.05) is 22.2 Å². The number of para-hydroxylation sites is 1. The Morgan fingerprint density at radius 3 is 2.60 bits per heavy atom. The van der Waals surface area contributed by atoms with E-state index in [9.17, 15) is 15.0 Å². The zero-order chi connectivity index (χ0) is 18.2. The Morgan fingerprint density at radius 2 is 1.96 bits per heavy atom. The fourth-order valence-electron chi connectivity index (χ4n) is 2.91. The quantitative estimate of drug-likeness (QED) is 0.816. The highest BCUT2D eigenvalue weighted by molar-refractivity contribution is 9.10. The summed E-state index contributed by atoms with van der Waals surface area (Å²) in [7, 11) is 0. The van der Waals surface area contributed by atoms with Gasteiger partial charge in [0.15, 0.2) is 5.72 Å². The smallest absolute Gasteiger partial charge is 0.280 e. The molecule has 6 heteroatoms. The number of aromatic hydroxyl groups is 1. The van der Waals surface area contributed by atoms with E-state index in [1.165, 1.54) is 6.07 Å². The van der Waals surface area contributed by atoms with Crippen LogP contribution in [0.25, 0.3) is 0 Å². The van der Waals surface area contributed by atoms with E-state index in [4.69, 9.17) is 0 Å². The van der Waals surface area contributed by atoms with Crippen molar-refractivity contribution in [2.24, 2.45) is 5.10 Å². The Labute approximate surface area is 154 Å². The Bertz CT molecular complexity index is 848. The number of phenols is 1. The summed E-state index contributed by atoms with van der Waals surface area (Å²) < 4.78 is 0.878. The fourth-order valence-corrected chi connectivity index (χ4v) is 3.18. The van der Waals surface area contributed by atoms with Crippen LogP contribution in [0.15, 0.2) is 52.0 Å². The average molecular weight is 403 g/mol. The maximum absolute atomic E-state index is 13.0. The van der Waals surface area contributed by atoms with Crippen molar-refractivity contribution in [1.82, 2.24) is 5.01 Å². The first-order chi connectivity index (χ1) is 11.9. The van der Waals surface area contributed by atoms with E-state index in [0.717, 1.165) is 15.2 Å². The van der Waals surface area contributed by atoms with Crippen molar-refractivity contribution in [2.45, 2.75) is 32.4 Å².